The first-order valence-corrected chi connectivity index (χ1v) is 4.01. The molecule has 0 aliphatic rings. The van der Waals surface area contributed by atoms with Crippen LogP contribution in [-0.4, -0.2) is 16.8 Å². The molecule has 72 valence electrons. The van der Waals surface area contributed by atoms with Crippen LogP contribution in [0.1, 0.15) is 17.2 Å². The first-order chi connectivity index (χ1) is 6.06. The van der Waals surface area contributed by atoms with Crippen molar-refractivity contribution in [1.82, 2.24) is 0 Å². The van der Waals surface area contributed by atoms with E-state index in [1.807, 2.05) is 6.92 Å². The van der Waals surface area contributed by atoms with Crippen molar-refractivity contribution in [2.45, 2.75) is 13.0 Å². The van der Waals surface area contributed by atoms with E-state index in [0.29, 0.717) is 11.3 Å². The summed E-state index contributed by atoms with van der Waals surface area (Å²) in [5.74, 6) is -0.0350. The van der Waals surface area contributed by atoms with Crippen molar-refractivity contribution in [1.29, 1.82) is 0 Å². The van der Waals surface area contributed by atoms with Gasteiger partial charge in [0, 0.05) is 5.56 Å². The Labute approximate surface area is 76.8 Å². The van der Waals surface area contributed by atoms with E-state index < -0.39 is 6.04 Å². The normalized spacial score (nSPS) is 12.8. The van der Waals surface area contributed by atoms with Crippen LogP contribution in [0.5, 0.6) is 5.75 Å². The van der Waals surface area contributed by atoms with E-state index in [2.05, 4.69) is 0 Å². The highest BCUT2D eigenvalue weighted by atomic mass is 16.3. The van der Waals surface area contributed by atoms with Crippen LogP contribution < -0.4 is 11.5 Å². The molecule has 0 aliphatic heterocycles. The van der Waals surface area contributed by atoms with Crippen molar-refractivity contribution in [2.24, 2.45) is 5.73 Å². The fourth-order valence-electron chi connectivity index (χ4n) is 1.22. The van der Waals surface area contributed by atoms with E-state index in [1.165, 1.54) is 0 Å². The molecule has 0 aliphatic carbocycles. The topological polar surface area (TPSA) is 92.5 Å². The number of aromatic hydroxyl groups is 1. The van der Waals surface area contributed by atoms with E-state index in [1.54, 1.807) is 12.1 Å². The Morgan fingerprint density at radius 3 is 2.62 bits per heavy atom. The maximum absolute atomic E-state index is 9.51. The minimum Gasteiger partial charge on any atom is -0.505 e. The van der Waals surface area contributed by atoms with Gasteiger partial charge in [-0.05, 0) is 18.6 Å². The third-order valence-electron chi connectivity index (χ3n) is 1.91. The molecule has 1 aromatic rings. The molecule has 4 heteroatoms. The lowest BCUT2D eigenvalue weighted by Gasteiger charge is -2.13. The second-order valence-electron chi connectivity index (χ2n) is 3.08. The number of aryl methyl sites for hydroxylation is 1. The number of nitrogen functional groups attached to an aromatic ring is 1. The minimum atomic E-state index is -0.581. The van der Waals surface area contributed by atoms with Crippen molar-refractivity contribution >= 4 is 5.69 Å². The second kappa shape index (κ2) is 3.64. The Bertz CT molecular complexity index is 313. The summed E-state index contributed by atoms with van der Waals surface area (Å²) in [4.78, 5) is 0. The van der Waals surface area contributed by atoms with Gasteiger partial charge in [0.1, 0.15) is 5.75 Å². The number of nitrogens with two attached hydrogens (primary N) is 2. The number of hydrogen-bond donors (Lipinski definition) is 4. The molecule has 1 rings (SSSR count). The van der Waals surface area contributed by atoms with Gasteiger partial charge in [0.2, 0.25) is 0 Å². The van der Waals surface area contributed by atoms with Gasteiger partial charge in [-0.3, -0.25) is 0 Å². The number of hydrogen-bond acceptors (Lipinski definition) is 4. The van der Waals surface area contributed by atoms with E-state index in [9.17, 15) is 5.11 Å². The molecule has 0 spiro atoms. The molecule has 1 aromatic carbocycles. The van der Waals surface area contributed by atoms with Gasteiger partial charge in [0.15, 0.2) is 0 Å². The molecule has 0 aromatic heterocycles. The molecule has 0 amide bonds. The summed E-state index contributed by atoms with van der Waals surface area (Å²) >= 11 is 0. The average Bonchev–Trinajstić information content (AvgIpc) is 2.10. The van der Waals surface area contributed by atoms with Crippen molar-refractivity contribution in [3.8, 4) is 5.75 Å². The SMILES string of the molecule is Cc1cc(N)c(O)c([C@@H](N)CO)c1. The zero-order valence-electron chi connectivity index (χ0n) is 7.49. The zero-order chi connectivity index (χ0) is 10.0. The van der Waals surface area contributed by atoms with Crippen molar-refractivity contribution < 1.29 is 10.2 Å². The van der Waals surface area contributed by atoms with Gasteiger partial charge in [0.25, 0.3) is 0 Å². The van der Waals surface area contributed by atoms with Gasteiger partial charge in [-0.25, -0.2) is 0 Å². The molecule has 0 bridgehead atoms. The molecule has 6 N–H and O–H groups in total. The molecule has 0 saturated heterocycles. The van der Waals surface area contributed by atoms with Crippen LogP contribution in [0.15, 0.2) is 12.1 Å². The molecular formula is C9H14N2O2. The van der Waals surface area contributed by atoms with E-state index in [4.69, 9.17) is 16.6 Å². The largest absolute Gasteiger partial charge is 0.505 e. The number of anilines is 1. The van der Waals surface area contributed by atoms with Gasteiger partial charge < -0.3 is 21.7 Å². The molecule has 0 unspecified atom stereocenters. The number of phenolic OH excluding ortho intramolecular Hbond substituents is 1. The molecular weight excluding hydrogens is 168 g/mol. The molecule has 0 heterocycles. The Hall–Kier alpha value is -1.26. The van der Waals surface area contributed by atoms with Crippen LogP contribution >= 0.6 is 0 Å². The maximum atomic E-state index is 9.51. The van der Waals surface area contributed by atoms with Crippen LogP contribution in [0.3, 0.4) is 0 Å². The first kappa shape index (κ1) is 9.83. The van der Waals surface area contributed by atoms with Crippen LogP contribution in [0.2, 0.25) is 0 Å². The highest BCUT2D eigenvalue weighted by Crippen LogP contribution is 2.30. The third kappa shape index (κ3) is 1.91. The van der Waals surface area contributed by atoms with Crippen molar-refractivity contribution in [3.63, 3.8) is 0 Å². The monoisotopic (exact) mass is 182 g/mol. The molecule has 4 nitrogen and oxygen atoms in total. The maximum Gasteiger partial charge on any atom is 0.143 e. The van der Waals surface area contributed by atoms with Crippen molar-refractivity contribution in [2.75, 3.05) is 12.3 Å². The first-order valence-electron chi connectivity index (χ1n) is 4.01. The lowest BCUT2D eigenvalue weighted by Crippen LogP contribution is -2.15. The number of rotatable bonds is 2. The number of benzene rings is 1. The van der Waals surface area contributed by atoms with Crippen LogP contribution in [0, 0.1) is 6.92 Å². The quantitative estimate of drug-likeness (QED) is 0.390. The van der Waals surface area contributed by atoms with Gasteiger partial charge in [-0.1, -0.05) is 6.07 Å². The van der Waals surface area contributed by atoms with Crippen LogP contribution in [0.4, 0.5) is 5.69 Å². The Morgan fingerprint density at radius 1 is 1.46 bits per heavy atom. The van der Waals surface area contributed by atoms with Gasteiger partial charge in [-0.2, -0.15) is 0 Å². The highest BCUT2D eigenvalue weighted by molar-refractivity contribution is 5.58. The average molecular weight is 182 g/mol. The standard InChI is InChI=1S/C9H14N2O2/c1-5-2-6(8(11)4-12)9(13)7(10)3-5/h2-3,8,12-13H,4,10-11H2,1H3/t8-/m0/s1. The molecule has 1 atom stereocenters. The summed E-state index contributed by atoms with van der Waals surface area (Å²) in [5.41, 5.74) is 12.8. The lowest BCUT2D eigenvalue weighted by atomic mass is 10.0. The summed E-state index contributed by atoms with van der Waals surface area (Å²) in [6.45, 7) is 1.64. The summed E-state index contributed by atoms with van der Waals surface area (Å²) in [7, 11) is 0. The lowest BCUT2D eigenvalue weighted by molar-refractivity contribution is 0.265. The number of phenols is 1. The Morgan fingerprint density at radius 2 is 2.08 bits per heavy atom. The van der Waals surface area contributed by atoms with Gasteiger partial charge in [-0.15, -0.1) is 0 Å². The smallest absolute Gasteiger partial charge is 0.143 e. The van der Waals surface area contributed by atoms with Gasteiger partial charge >= 0.3 is 0 Å². The fourth-order valence-corrected chi connectivity index (χ4v) is 1.22. The Balaban J connectivity index is 3.20. The Kier molecular flexibility index (Phi) is 2.75. The summed E-state index contributed by atoms with van der Waals surface area (Å²) in [6.07, 6.45) is 0. The number of aliphatic hydroxyl groups excluding tert-OH is 1. The highest BCUT2D eigenvalue weighted by Gasteiger charge is 2.12. The second-order valence-corrected chi connectivity index (χ2v) is 3.08. The molecule has 13 heavy (non-hydrogen) atoms. The third-order valence-corrected chi connectivity index (χ3v) is 1.91. The molecule has 0 radical (unpaired) electrons. The zero-order valence-corrected chi connectivity index (χ0v) is 7.49. The van der Waals surface area contributed by atoms with Crippen molar-refractivity contribution in [3.05, 3.63) is 23.3 Å². The van der Waals surface area contributed by atoms with Crippen LogP contribution in [-0.2, 0) is 0 Å². The van der Waals surface area contributed by atoms with E-state index in [-0.39, 0.29) is 12.4 Å². The minimum absolute atomic E-state index is 0.0350. The molecule has 0 fully saturated rings. The predicted octanol–water partition coefficient (Wildman–Crippen LogP) is 0.275. The fraction of sp³-hybridized carbons (Fsp3) is 0.333. The predicted molar refractivity (Wildman–Crippen MR) is 51.3 cm³/mol. The number of aliphatic hydroxyl groups is 1. The van der Waals surface area contributed by atoms with Gasteiger partial charge in [0.05, 0.1) is 18.3 Å². The summed E-state index contributed by atoms with van der Waals surface area (Å²) in [6, 6.07) is 2.79. The van der Waals surface area contributed by atoms with Crippen LogP contribution in [0.25, 0.3) is 0 Å². The van der Waals surface area contributed by atoms with E-state index in [0.717, 1.165) is 5.56 Å². The van der Waals surface area contributed by atoms with E-state index >= 15 is 0 Å². The molecule has 0 saturated carbocycles. The summed E-state index contributed by atoms with van der Waals surface area (Å²) in [5, 5.41) is 18.3. The summed E-state index contributed by atoms with van der Waals surface area (Å²) < 4.78 is 0.